The molecule has 1 unspecified atom stereocenters. The van der Waals surface area contributed by atoms with Crippen LogP contribution >= 0.6 is 0 Å². The van der Waals surface area contributed by atoms with E-state index in [-0.39, 0.29) is 0 Å². The number of pyridine rings is 1. The molecule has 0 aliphatic heterocycles. The topological polar surface area (TPSA) is 68.4 Å². The Labute approximate surface area is 99.7 Å². The Hall–Kier alpha value is -2.07. The predicted octanol–water partition coefficient (Wildman–Crippen LogP) is 2.51. The molecule has 2 rings (SSSR count). The Bertz CT molecular complexity index is 478. The molecule has 1 aromatic heterocycles. The molecule has 0 spiro atoms. The summed E-state index contributed by atoms with van der Waals surface area (Å²) in [6.45, 7) is 1.72. The SMILES string of the molecule is CC(O)c1ccc(Oc2ccc(N)cn2)cc1. The Morgan fingerprint density at radius 1 is 1.18 bits per heavy atom. The fourth-order valence-corrected chi connectivity index (χ4v) is 1.39. The summed E-state index contributed by atoms with van der Waals surface area (Å²) < 4.78 is 5.52. The molecule has 4 nitrogen and oxygen atoms in total. The molecule has 0 aliphatic carbocycles. The first-order valence-electron chi connectivity index (χ1n) is 5.32. The second-order valence-corrected chi connectivity index (χ2v) is 3.78. The smallest absolute Gasteiger partial charge is 0.219 e. The van der Waals surface area contributed by atoms with Gasteiger partial charge in [-0.15, -0.1) is 0 Å². The molecule has 1 aromatic carbocycles. The lowest BCUT2D eigenvalue weighted by Gasteiger charge is -2.07. The average Bonchev–Trinajstić information content (AvgIpc) is 2.33. The van der Waals surface area contributed by atoms with Crippen LogP contribution in [0.2, 0.25) is 0 Å². The van der Waals surface area contributed by atoms with Gasteiger partial charge in [-0.25, -0.2) is 4.98 Å². The number of hydrogen-bond acceptors (Lipinski definition) is 4. The predicted molar refractivity (Wildman–Crippen MR) is 65.8 cm³/mol. The van der Waals surface area contributed by atoms with E-state index in [1.165, 1.54) is 0 Å². The number of benzene rings is 1. The molecule has 3 N–H and O–H groups in total. The van der Waals surface area contributed by atoms with E-state index in [0.29, 0.717) is 17.3 Å². The number of aromatic nitrogens is 1. The van der Waals surface area contributed by atoms with Crippen LogP contribution in [-0.2, 0) is 0 Å². The zero-order valence-electron chi connectivity index (χ0n) is 9.50. The maximum atomic E-state index is 9.37. The molecule has 88 valence electrons. The number of ether oxygens (including phenoxy) is 1. The lowest BCUT2D eigenvalue weighted by Crippen LogP contribution is -1.92. The summed E-state index contributed by atoms with van der Waals surface area (Å²) in [7, 11) is 0. The van der Waals surface area contributed by atoms with Crippen molar-refractivity contribution in [1.29, 1.82) is 0 Å². The van der Waals surface area contributed by atoms with Gasteiger partial charge in [-0.2, -0.15) is 0 Å². The van der Waals surface area contributed by atoms with E-state index < -0.39 is 6.10 Å². The molecule has 1 atom stereocenters. The molecule has 0 saturated heterocycles. The maximum Gasteiger partial charge on any atom is 0.219 e. The molecular weight excluding hydrogens is 216 g/mol. The van der Waals surface area contributed by atoms with E-state index in [0.717, 1.165) is 5.56 Å². The number of nitrogen functional groups attached to an aromatic ring is 1. The van der Waals surface area contributed by atoms with Gasteiger partial charge < -0.3 is 15.6 Å². The standard InChI is InChI=1S/C13H14N2O2/c1-9(16)10-2-5-12(6-3-10)17-13-7-4-11(14)8-15-13/h2-9,16H,14H2,1H3. The number of aliphatic hydroxyl groups is 1. The number of aliphatic hydroxyl groups excluding tert-OH is 1. The maximum absolute atomic E-state index is 9.37. The van der Waals surface area contributed by atoms with Crippen LogP contribution in [0.3, 0.4) is 0 Å². The third kappa shape index (κ3) is 2.95. The monoisotopic (exact) mass is 230 g/mol. The number of anilines is 1. The lowest BCUT2D eigenvalue weighted by molar-refractivity contribution is 0.199. The van der Waals surface area contributed by atoms with Crippen molar-refractivity contribution < 1.29 is 9.84 Å². The highest BCUT2D eigenvalue weighted by molar-refractivity contribution is 5.37. The third-order valence-electron chi connectivity index (χ3n) is 2.34. The Morgan fingerprint density at radius 3 is 2.41 bits per heavy atom. The minimum atomic E-state index is -0.473. The second kappa shape index (κ2) is 4.84. The number of nitrogens with zero attached hydrogens (tertiary/aromatic N) is 1. The van der Waals surface area contributed by atoms with Crippen molar-refractivity contribution in [3.05, 3.63) is 48.2 Å². The summed E-state index contributed by atoms with van der Waals surface area (Å²) in [6.07, 6.45) is 1.07. The van der Waals surface area contributed by atoms with Crippen molar-refractivity contribution in [1.82, 2.24) is 4.98 Å². The van der Waals surface area contributed by atoms with Crippen molar-refractivity contribution in [2.75, 3.05) is 5.73 Å². The Morgan fingerprint density at radius 2 is 1.88 bits per heavy atom. The normalized spacial score (nSPS) is 12.1. The van der Waals surface area contributed by atoms with Crippen LogP contribution < -0.4 is 10.5 Å². The molecule has 0 saturated carbocycles. The van der Waals surface area contributed by atoms with E-state index in [4.69, 9.17) is 10.5 Å². The summed E-state index contributed by atoms with van der Waals surface area (Å²) in [6, 6.07) is 10.7. The highest BCUT2D eigenvalue weighted by atomic mass is 16.5. The van der Waals surface area contributed by atoms with Gasteiger partial charge in [0.25, 0.3) is 0 Å². The van der Waals surface area contributed by atoms with E-state index in [2.05, 4.69) is 4.98 Å². The molecule has 0 radical (unpaired) electrons. The lowest BCUT2D eigenvalue weighted by atomic mass is 10.1. The molecule has 0 bridgehead atoms. The largest absolute Gasteiger partial charge is 0.439 e. The average molecular weight is 230 g/mol. The van der Waals surface area contributed by atoms with Crippen molar-refractivity contribution in [2.24, 2.45) is 0 Å². The van der Waals surface area contributed by atoms with Crippen LogP contribution in [0, 0.1) is 0 Å². The van der Waals surface area contributed by atoms with E-state index in [1.807, 2.05) is 12.1 Å². The zero-order chi connectivity index (χ0) is 12.3. The minimum Gasteiger partial charge on any atom is -0.439 e. The van der Waals surface area contributed by atoms with Crippen LogP contribution in [0.5, 0.6) is 11.6 Å². The van der Waals surface area contributed by atoms with Gasteiger partial charge in [-0.05, 0) is 30.7 Å². The van der Waals surface area contributed by atoms with Gasteiger partial charge in [-0.1, -0.05) is 12.1 Å². The first-order chi connectivity index (χ1) is 8.15. The minimum absolute atomic E-state index is 0.473. The van der Waals surface area contributed by atoms with Gasteiger partial charge in [-0.3, -0.25) is 0 Å². The van der Waals surface area contributed by atoms with Crippen LogP contribution in [0.4, 0.5) is 5.69 Å². The summed E-state index contributed by atoms with van der Waals surface area (Å²) in [5.41, 5.74) is 6.98. The molecular formula is C13H14N2O2. The van der Waals surface area contributed by atoms with Crippen molar-refractivity contribution in [3.63, 3.8) is 0 Å². The van der Waals surface area contributed by atoms with Crippen LogP contribution in [-0.4, -0.2) is 10.1 Å². The second-order valence-electron chi connectivity index (χ2n) is 3.78. The zero-order valence-corrected chi connectivity index (χ0v) is 9.50. The molecule has 0 amide bonds. The van der Waals surface area contributed by atoms with Crippen molar-refractivity contribution >= 4 is 5.69 Å². The number of hydrogen-bond donors (Lipinski definition) is 2. The van der Waals surface area contributed by atoms with Gasteiger partial charge in [0.2, 0.25) is 5.88 Å². The Balaban J connectivity index is 2.11. The third-order valence-corrected chi connectivity index (χ3v) is 2.34. The molecule has 4 heteroatoms. The van der Waals surface area contributed by atoms with E-state index in [1.54, 1.807) is 37.4 Å². The molecule has 2 aromatic rings. The highest BCUT2D eigenvalue weighted by Gasteiger charge is 2.02. The number of rotatable bonds is 3. The molecule has 0 aliphatic rings. The first kappa shape index (κ1) is 11.4. The van der Waals surface area contributed by atoms with E-state index in [9.17, 15) is 5.11 Å². The first-order valence-corrected chi connectivity index (χ1v) is 5.32. The molecule has 1 heterocycles. The molecule has 17 heavy (non-hydrogen) atoms. The van der Waals surface area contributed by atoms with Crippen molar-refractivity contribution in [2.45, 2.75) is 13.0 Å². The van der Waals surface area contributed by atoms with Crippen molar-refractivity contribution in [3.8, 4) is 11.6 Å². The number of nitrogens with two attached hydrogens (primary N) is 1. The highest BCUT2D eigenvalue weighted by Crippen LogP contribution is 2.22. The van der Waals surface area contributed by atoms with Crippen LogP contribution in [0.1, 0.15) is 18.6 Å². The summed E-state index contributed by atoms with van der Waals surface area (Å²) in [5.74, 6) is 1.16. The van der Waals surface area contributed by atoms with Gasteiger partial charge >= 0.3 is 0 Å². The van der Waals surface area contributed by atoms with Gasteiger partial charge in [0, 0.05) is 6.07 Å². The fourth-order valence-electron chi connectivity index (χ4n) is 1.39. The quantitative estimate of drug-likeness (QED) is 0.850. The summed E-state index contributed by atoms with van der Waals surface area (Å²) >= 11 is 0. The van der Waals surface area contributed by atoms with Gasteiger partial charge in [0.15, 0.2) is 0 Å². The fraction of sp³-hybridized carbons (Fsp3) is 0.154. The molecule has 0 fully saturated rings. The summed E-state index contributed by atoms with van der Waals surface area (Å²) in [5, 5.41) is 9.37. The van der Waals surface area contributed by atoms with Gasteiger partial charge in [0.1, 0.15) is 5.75 Å². The Kier molecular flexibility index (Phi) is 3.25. The summed E-state index contributed by atoms with van der Waals surface area (Å²) in [4.78, 5) is 4.03. The van der Waals surface area contributed by atoms with Crippen LogP contribution in [0.25, 0.3) is 0 Å². The van der Waals surface area contributed by atoms with E-state index >= 15 is 0 Å². The van der Waals surface area contributed by atoms with Crippen LogP contribution in [0.15, 0.2) is 42.6 Å². The van der Waals surface area contributed by atoms with Gasteiger partial charge in [0.05, 0.1) is 18.0 Å².